The number of pyridine rings is 1. The van der Waals surface area contributed by atoms with Gasteiger partial charge >= 0.3 is 0 Å². The number of piperidine rings is 1. The molecule has 1 unspecified atom stereocenters. The molecule has 108 valence electrons. The van der Waals surface area contributed by atoms with Crippen molar-refractivity contribution < 1.29 is 4.79 Å². The van der Waals surface area contributed by atoms with E-state index in [1.54, 1.807) is 0 Å². The highest BCUT2D eigenvalue weighted by Crippen LogP contribution is 2.32. The molecule has 4 nitrogen and oxygen atoms in total. The van der Waals surface area contributed by atoms with E-state index in [4.69, 9.17) is 0 Å². The molecule has 1 aromatic rings. The van der Waals surface area contributed by atoms with Crippen LogP contribution < -0.4 is 0 Å². The van der Waals surface area contributed by atoms with E-state index in [2.05, 4.69) is 16.0 Å². The summed E-state index contributed by atoms with van der Waals surface area (Å²) in [5.41, 5.74) is 1.12. The predicted molar refractivity (Wildman–Crippen MR) is 78.0 cm³/mol. The highest BCUT2D eigenvalue weighted by atomic mass is 16.2. The SMILES string of the molecule is CN(C(=O)C1CC1)C1CCCN(Cc2ccccn2)C1. The molecule has 2 heterocycles. The van der Waals surface area contributed by atoms with Crippen LogP contribution in [0, 0.1) is 5.92 Å². The molecule has 0 aromatic carbocycles. The molecule has 2 fully saturated rings. The van der Waals surface area contributed by atoms with Crippen LogP contribution in [0.15, 0.2) is 24.4 Å². The minimum absolute atomic E-state index is 0.325. The van der Waals surface area contributed by atoms with E-state index in [1.165, 1.54) is 6.42 Å². The van der Waals surface area contributed by atoms with E-state index >= 15 is 0 Å². The van der Waals surface area contributed by atoms with Gasteiger partial charge in [0.25, 0.3) is 0 Å². The molecule has 0 radical (unpaired) electrons. The van der Waals surface area contributed by atoms with Crippen LogP contribution in [0.3, 0.4) is 0 Å². The second kappa shape index (κ2) is 5.92. The lowest BCUT2D eigenvalue weighted by Crippen LogP contribution is -2.48. The van der Waals surface area contributed by atoms with Crippen molar-refractivity contribution >= 4 is 5.91 Å². The molecular weight excluding hydrogens is 250 g/mol. The fraction of sp³-hybridized carbons (Fsp3) is 0.625. The lowest BCUT2D eigenvalue weighted by atomic mass is 10.0. The third-order valence-corrected chi connectivity index (χ3v) is 4.41. The van der Waals surface area contributed by atoms with Crippen molar-refractivity contribution in [3.05, 3.63) is 30.1 Å². The average Bonchev–Trinajstić information content (AvgIpc) is 3.32. The first-order valence-corrected chi connectivity index (χ1v) is 7.63. The number of rotatable bonds is 4. The van der Waals surface area contributed by atoms with Crippen molar-refractivity contribution in [3.8, 4) is 0 Å². The van der Waals surface area contributed by atoms with E-state index in [9.17, 15) is 4.79 Å². The van der Waals surface area contributed by atoms with Crippen molar-refractivity contribution in [2.24, 2.45) is 5.92 Å². The van der Waals surface area contributed by atoms with Crippen LogP contribution >= 0.6 is 0 Å². The van der Waals surface area contributed by atoms with Crippen LogP contribution in [0.4, 0.5) is 0 Å². The topological polar surface area (TPSA) is 36.4 Å². The normalized spacial score (nSPS) is 23.6. The second-order valence-electron chi connectivity index (χ2n) is 6.08. The predicted octanol–water partition coefficient (Wildman–Crippen LogP) is 1.91. The fourth-order valence-electron chi connectivity index (χ4n) is 3.01. The van der Waals surface area contributed by atoms with Crippen LogP contribution in [0.5, 0.6) is 0 Å². The summed E-state index contributed by atoms with van der Waals surface area (Å²) in [5.74, 6) is 0.681. The van der Waals surface area contributed by atoms with Crippen LogP contribution in [0.1, 0.15) is 31.4 Å². The molecule has 1 aromatic heterocycles. The van der Waals surface area contributed by atoms with Gasteiger partial charge in [0.15, 0.2) is 0 Å². The van der Waals surface area contributed by atoms with Gasteiger partial charge in [0, 0.05) is 38.3 Å². The standard InChI is InChI=1S/C16H23N3O/c1-18(16(20)13-7-8-13)15-6-4-10-19(12-15)11-14-5-2-3-9-17-14/h2-3,5,9,13,15H,4,6-8,10-12H2,1H3. The van der Waals surface area contributed by atoms with E-state index in [1.807, 2.05) is 30.3 Å². The summed E-state index contributed by atoms with van der Waals surface area (Å²) in [6, 6.07) is 6.43. The maximum absolute atomic E-state index is 12.2. The molecule has 0 bridgehead atoms. The molecule has 1 aliphatic heterocycles. The molecule has 1 aliphatic carbocycles. The van der Waals surface area contributed by atoms with E-state index in [0.29, 0.717) is 17.9 Å². The molecule has 1 saturated heterocycles. The summed E-state index contributed by atoms with van der Waals surface area (Å²) in [6.45, 7) is 2.98. The first-order chi connectivity index (χ1) is 9.74. The Balaban J connectivity index is 1.57. The van der Waals surface area contributed by atoms with E-state index < -0.39 is 0 Å². The molecule has 1 amide bonds. The second-order valence-corrected chi connectivity index (χ2v) is 6.08. The van der Waals surface area contributed by atoms with Gasteiger partial charge in [-0.15, -0.1) is 0 Å². The lowest BCUT2D eigenvalue weighted by Gasteiger charge is -2.37. The summed E-state index contributed by atoms with van der Waals surface area (Å²) in [6.07, 6.45) is 6.33. The minimum Gasteiger partial charge on any atom is -0.341 e. The quantitative estimate of drug-likeness (QED) is 0.841. The number of aromatic nitrogens is 1. The molecule has 3 rings (SSSR count). The number of nitrogens with zero attached hydrogens (tertiary/aromatic N) is 3. The number of amides is 1. The van der Waals surface area contributed by atoms with E-state index in [-0.39, 0.29) is 0 Å². The Bertz CT molecular complexity index is 458. The Kier molecular flexibility index (Phi) is 4.01. The monoisotopic (exact) mass is 273 g/mol. The van der Waals surface area contributed by atoms with Crippen molar-refractivity contribution in [1.82, 2.24) is 14.8 Å². The van der Waals surface area contributed by atoms with Crippen LogP contribution in [-0.2, 0) is 11.3 Å². The Hall–Kier alpha value is -1.42. The van der Waals surface area contributed by atoms with Gasteiger partial charge in [-0.25, -0.2) is 0 Å². The third kappa shape index (κ3) is 3.18. The van der Waals surface area contributed by atoms with Crippen molar-refractivity contribution in [1.29, 1.82) is 0 Å². The number of carbonyl (C=O) groups excluding carboxylic acids is 1. The maximum atomic E-state index is 12.2. The lowest BCUT2D eigenvalue weighted by molar-refractivity contribution is -0.134. The van der Waals surface area contributed by atoms with Crippen LogP contribution in [0.2, 0.25) is 0 Å². The van der Waals surface area contributed by atoms with Gasteiger partial charge in [-0.05, 0) is 44.4 Å². The zero-order valence-electron chi connectivity index (χ0n) is 12.2. The zero-order chi connectivity index (χ0) is 13.9. The third-order valence-electron chi connectivity index (χ3n) is 4.41. The number of likely N-dealkylation sites (N-methyl/N-ethyl adjacent to an activating group) is 1. The molecule has 0 N–H and O–H groups in total. The molecule has 0 spiro atoms. The summed E-state index contributed by atoms with van der Waals surface area (Å²) < 4.78 is 0. The number of hydrogen-bond acceptors (Lipinski definition) is 3. The van der Waals surface area contributed by atoms with Gasteiger partial charge in [-0.2, -0.15) is 0 Å². The Morgan fingerprint density at radius 2 is 2.25 bits per heavy atom. The fourth-order valence-corrected chi connectivity index (χ4v) is 3.01. The van der Waals surface area contributed by atoms with Gasteiger partial charge in [-0.1, -0.05) is 6.07 Å². The van der Waals surface area contributed by atoms with Gasteiger partial charge < -0.3 is 4.90 Å². The first kappa shape index (κ1) is 13.6. The van der Waals surface area contributed by atoms with Gasteiger partial charge in [0.1, 0.15) is 0 Å². The largest absolute Gasteiger partial charge is 0.341 e. The Morgan fingerprint density at radius 3 is 2.95 bits per heavy atom. The molecular formula is C16H23N3O. The molecule has 4 heteroatoms. The summed E-state index contributed by atoms with van der Waals surface area (Å²) in [4.78, 5) is 21.0. The van der Waals surface area contributed by atoms with Gasteiger partial charge in [-0.3, -0.25) is 14.7 Å². The van der Waals surface area contributed by atoms with Gasteiger partial charge in [0.2, 0.25) is 5.91 Å². The number of likely N-dealkylation sites (tertiary alicyclic amines) is 1. The highest BCUT2D eigenvalue weighted by molar-refractivity contribution is 5.81. The highest BCUT2D eigenvalue weighted by Gasteiger charge is 2.35. The smallest absolute Gasteiger partial charge is 0.225 e. The Labute approximate surface area is 120 Å². The average molecular weight is 273 g/mol. The van der Waals surface area contributed by atoms with Gasteiger partial charge in [0.05, 0.1) is 5.69 Å². The number of carbonyl (C=O) groups is 1. The van der Waals surface area contributed by atoms with Crippen molar-refractivity contribution in [2.75, 3.05) is 20.1 Å². The molecule has 1 saturated carbocycles. The van der Waals surface area contributed by atoms with E-state index in [0.717, 1.165) is 44.6 Å². The van der Waals surface area contributed by atoms with Crippen LogP contribution in [-0.4, -0.2) is 46.9 Å². The molecule has 20 heavy (non-hydrogen) atoms. The van der Waals surface area contributed by atoms with Crippen LogP contribution in [0.25, 0.3) is 0 Å². The Morgan fingerprint density at radius 1 is 1.40 bits per heavy atom. The van der Waals surface area contributed by atoms with Crippen molar-refractivity contribution in [2.45, 2.75) is 38.3 Å². The summed E-state index contributed by atoms with van der Waals surface area (Å²) in [7, 11) is 1.98. The first-order valence-electron chi connectivity index (χ1n) is 7.63. The molecule has 1 atom stereocenters. The maximum Gasteiger partial charge on any atom is 0.225 e. The minimum atomic E-state index is 0.325. The molecule has 2 aliphatic rings. The zero-order valence-corrected chi connectivity index (χ0v) is 12.2. The summed E-state index contributed by atoms with van der Waals surface area (Å²) in [5, 5.41) is 0. The summed E-state index contributed by atoms with van der Waals surface area (Å²) >= 11 is 0. The van der Waals surface area contributed by atoms with Crippen molar-refractivity contribution in [3.63, 3.8) is 0 Å². The number of hydrogen-bond donors (Lipinski definition) is 0.